The summed E-state index contributed by atoms with van der Waals surface area (Å²) in [7, 11) is 3.10. The molecule has 0 unspecified atom stereocenters. The van der Waals surface area contributed by atoms with Gasteiger partial charge in [0.1, 0.15) is 5.82 Å². The van der Waals surface area contributed by atoms with Crippen LogP contribution < -0.4 is 10.6 Å². The van der Waals surface area contributed by atoms with Crippen LogP contribution in [0.2, 0.25) is 0 Å². The molecular weight excluding hydrogens is 320 g/mol. The van der Waals surface area contributed by atoms with Crippen LogP contribution in [-0.4, -0.2) is 35.4 Å². The number of hydrogen-bond donors (Lipinski definition) is 2. The Hall–Kier alpha value is -2.83. The summed E-state index contributed by atoms with van der Waals surface area (Å²) in [6.07, 6.45) is 0.499. The predicted molar refractivity (Wildman–Crippen MR) is 95.4 cm³/mol. The van der Waals surface area contributed by atoms with Gasteiger partial charge in [0.05, 0.1) is 18.7 Å². The van der Waals surface area contributed by atoms with E-state index in [1.54, 1.807) is 17.8 Å². The van der Waals surface area contributed by atoms with E-state index < -0.39 is 5.92 Å². The van der Waals surface area contributed by atoms with Crippen molar-refractivity contribution in [3.8, 4) is 0 Å². The smallest absolute Gasteiger partial charge is 0.320 e. The summed E-state index contributed by atoms with van der Waals surface area (Å²) in [5.74, 6) is -0.215. The molecule has 7 heteroatoms. The van der Waals surface area contributed by atoms with Gasteiger partial charge >= 0.3 is 12.0 Å². The average molecular weight is 344 g/mol. The van der Waals surface area contributed by atoms with Crippen LogP contribution in [0.15, 0.2) is 30.3 Å². The first-order valence-corrected chi connectivity index (χ1v) is 8.08. The minimum Gasteiger partial charge on any atom is -0.469 e. The molecule has 7 nitrogen and oxygen atoms in total. The van der Waals surface area contributed by atoms with Crippen molar-refractivity contribution in [3.05, 3.63) is 47.2 Å². The molecule has 1 aromatic heterocycles. The SMILES string of the molecule is COC(=O)[C@@H](CNC(=O)Nc1cc(C)nn1C)Cc1cccc(C)c1. The molecule has 2 N–H and O–H groups in total. The minimum absolute atomic E-state index is 0.184. The van der Waals surface area contributed by atoms with E-state index in [1.165, 1.54) is 7.11 Å². The number of nitrogens with one attached hydrogen (secondary N) is 2. The van der Waals surface area contributed by atoms with Gasteiger partial charge in [-0.25, -0.2) is 4.79 Å². The van der Waals surface area contributed by atoms with Crippen molar-refractivity contribution in [2.45, 2.75) is 20.3 Å². The summed E-state index contributed by atoms with van der Waals surface area (Å²) < 4.78 is 6.45. The summed E-state index contributed by atoms with van der Waals surface area (Å²) in [5.41, 5.74) is 2.96. The number of urea groups is 1. The zero-order valence-electron chi connectivity index (χ0n) is 15.0. The Kier molecular flexibility index (Phi) is 6.16. The Bertz CT molecular complexity index is 755. The van der Waals surface area contributed by atoms with Gasteiger partial charge in [0.25, 0.3) is 0 Å². The number of rotatable bonds is 6. The highest BCUT2D eigenvalue weighted by atomic mass is 16.5. The van der Waals surface area contributed by atoms with Crippen molar-refractivity contribution in [3.63, 3.8) is 0 Å². The van der Waals surface area contributed by atoms with Crippen LogP contribution in [0.25, 0.3) is 0 Å². The Labute approximate surface area is 147 Å². The van der Waals surface area contributed by atoms with Crippen molar-refractivity contribution in [1.29, 1.82) is 0 Å². The predicted octanol–water partition coefficient (Wildman–Crippen LogP) is 2.19. The number of anilines is 1. The monoisotopic (exact) mass is 344 g/mol. The Morgan fingerprint density at radius 1 is 1.28 bits per heavy atom. The van der Waals surface area contributed by atoms with Crippen molar-refractivity contribution >= 4 is 17.8 Å². The highest BCUT2D eigenvalue weighted by Gasteiger charge is 2.21. The van der Waals surface area contributed by atoms with Gasteiger partial charge in [-0.05, 0) is 25.8 Å². The maximum Gasteiger partial charge on any atom is 0.320 e. The molecule has 0 saturated carbocycles. The maximum absolute atomic E-state index is 12.1. The molecule has 0 spiro atoms. The number of nitrogens with zero attached hydrogens (tertiary/aromatic N) is 2. The fourth-order valence-electron chi connectivity index (χ4n) is 2.63. The van der Waals surface area contributed by atoms with Crippen molar-refractivity contribution in [2.24, 2.45) is 13.0 Å². The first-order chi connectivity index (χ1) is 11.9. The normalized spacial score (nSPS) is 11.7. The number of carbonyl (C=O) groups excluding carboxylic acids is 2. The topological polar surface area (TPSA) is 85.2 Å². The molecule has 2 amide bonds. The lowest BCUT2D eigenvalue weighted by molar-refractivity contribution is -0.145. The lowest BCUT2D eigenvalue weighted by Gasteiger charge is -2.16. The third-order valence-corrected chi connectivity index (χ3v) is 3.85. The number of aryl methyl sites for hydroxylation is 3. The fraction of sp³-hybridized carbons (Fsp3) is 0.389. The maximum atomic E-state index is 12.1. The van der Waals surface area contributed by atoms with Gasteiger partial charge in [0.2, 0.25) is 0 Å². The molecule has 0 saturated heterocycles. The van der Waals surface area contributed by atoms with E-state index >= 15 is 0 Å². The Balaban J connectivity index is 1.96. The standard InChI is InChI=1S/C18H24N4O3/c1-12-6-5-7-14(8-12)10-15(17(23)25-4)11-19-18(24)20-16-9-13(2)21-22(16)3/h5-9,15H,10-11H2,1-4H3,(H2,19,20,24)/t15-/m1/s1. The molecule has 0 aliphatic carbocycles. The number of amides is 2. The van der Waals surface area contributed by atoms with Crippen molar-refractivity contribution in [2.75, 3.05) is 19.0 Å². The lowest BCUT2D eigenvalue weighted by Crippen LogP contribution is -2.37. The van der Waals surface area contributed by atoms with E-state index in [0.29, 0.717) is 12.2 Å². The van der Waals surface area contributed by atoms with Gasteiger partial charge in [0.15, 0.2) is 0 Å². The zero-order chi connectivity index (χ0) is 18.4. The average Bonchev–Trinajstić information content (AvgIpc) is 2.88. The van der Waals surface area contributed by atoms with Gasteiger partial charge in [0, 0.05) is 19.7 Å². The first-order valence-electron chi connectivity index (χ1n) is 8.08. The van der Waals surface area contributed by atoms with Crippen LogP contribution in [0.5, 0.6) is 0 Å². The van der Waals surface area contributed by atoms with E-state index in [4.69, 9.17) is 4.74 Å². The third-order valence-electron chi connectivity index (χ3n) is 3.85. The van der Waals surface area contributed by atoms with Crippen molar-refractivity contribution < 1.29 is 14.3 Å². The van der Waals surface area contributed by atoms with E-state index in [9.17, 15) is 9.59 Å². The molecular formula is C18H24N4O3. The summed E-state index contributed by atoms with van der Waals surface area (Å²) in [6.45, 7) is 4.03. The molecule has 134 valence electrons. The number of benzene rings is 1. The second-order valence-corrected chi connectivity index (χ2v) is 6.04. The number of carbonyl (C=O) groups is 2. The molecule has 1 heterocycles. The van der Waals surface area contributed by atoms with Crippen LogP contribution in [0, 0.1) is 19.8 Å². The third kappa shape index (κ3) is 5.34. The molecule has 0 radical (unpaired) electrons. The largest absolute Gasteiger partial charge is 0.469 e. The zero-order valence-corrected chi connectivity index (χ0v) is 15.0. The van der Waals surface area contributed by atoms with Crippen LogP contribution in [0.4, 0.5) is 10.6 Å². The number of ether oxygens (including phenoxy) is 1. The second-order valence-electron chi connectivity index (χ2n) is 6.04. The summed E-state index contributed by atoms with van der Waals surface area (Å²) >= 11 is 0. The van der Waals surface area contributed by atoms with E-state index in [2.05, 4.69) is 15.7 Å². The number of aromatic nitrogens is 2. The van der Waals surface area contributed by atoms with Crippen LogP contribution in [-0.2, 0) is 23.0 Å². The van der Waals surface area contributed by atoms with Gasteiger partial charge in [-0.1, -0.05) is 29.8 Å². The molecule has 0 fully saturated rings. The highest BCUT2D eigenvalue weighted by molar-refractivity contribution is 5.88. The van der Waals surface area contributed by atoms with E-state index in [0.717, 1.165) is 16.8 Å². The summed E-state index contributed by atoms with van der Waals surface area (Å²) in [5, 5.41) is 9.61. The molecule has 25 heavy (non-hydrogen) atoms. The molecule has 1 atom stereocenters. The van der Waals surface area contributed by atoms with Crippen LogP contribution >= 0.6 is 0 Å². The highest BCUT2D eigenvalue weighted by Crippen LogP contribution is 2.12. The van der Waals surface area contributed by atoms with E-state index in [1.807, 2.05) is 38.1 Å². The summed E-state index contributed by atoms with van der Waals surface area (Å²) in [6, 6.07) is 9.31. The van der Waals surface area contributed by atoms with Crippen molar-refractivity contribution in [1.82, 2.24) is 15.1 Å². The Morgan fingerprint density at radius 3 is 2.64 bits per heavy atom. The minimum atomic E-state index is -0.453. The van der Waals surface area contributed by atoms with Gasteiger partial charge in [-0.2, -0.15) is 5.10 Å². The quantitative estimate of drug-likeness (QED) is 0.787. The van der Waals surface area contributed by atoms with Gasteiger partial charge in [-0.15, -0.1) is 0 Å². The molecule has 0 bridgehead atoms. The Morgan fingerprint density at radius 2 is 2.04 bits per heavy atom. The van der Waals surface area contributed by atoms with Crippen LogP contribution in [0.1, 0.15) is 16.8 Å². The van der Waals surface area contributed by atoms with Crippen LogP contribution in [0.3, 0.4) is 0 Å². The van der Waals surface area contributed by atoms with Gasteiger partial charge < -0.3 is 10.1 Å². The molecule has 0 aliphatic heterocycles. The number of methoxy groups -OCH3 is 1. The fourth-order valence-corrected chi connectivity index (χ4v) is 2.63. The lowest BCUT2D eigenvalue weighted by atomic mass is 9.98. The molecule has 2 aromatic rings. The first kappa shape index (κ1) is 18.5. The summed E-state index contributed by atoms with van der Waals surface area (Å²) in [4.78, 5) is 24.1. The second kappa shape index (κ2) is 8.32. The van der Waals surface area contributed by atoms with E-state index in [-0.39, 0.29) is 18.5 Å². The molecule has 1 aromatic carbocycles. The number of hydrogen-bond acceptors (Lipinski definition) is 4. The molecule has 2 rings (SSSR count). The number of esters is 1. The molecule has 0 aliphatic rings. The van der Waals surface area contributed by atoms with Gasteiger partial charge in [-0.3, -0.25) is 14.8 Å².